The lowest BCUT2D eigenvalue weighted by molar-refractivity contribution is 0.245. The molecule has 5 nitrogen and oxygen atoms in total. The second-order valence-electron chi connectivity index (χ2n) is 6.18. The Kier molecular flexibility index (Phi) is 5.97. The highest BCUT2D eigenvalue weighted by molar-refractivity contribution is 7.89. The highest BCUT2D eigenvalue weighted by Gasteiger charge is 2.18. The monoisotopic (exact) mass is 325 g/mol. The fourth-order valence-corrected chi connectivity index (χ4v) is 3.69. The molecule has 124 valence electrons. The lowest BCUT2D eigenvalue weighted by Crippen LogP contribution is -2.29. The fraction of sp³-hybridized carbons (Fsp3) is 0.625. The van der Waals surface area contributed by atoms with E-state index in [2.05, 4.69) is 28.6 Å². The predicted molar refractivity (Wildman–Crippen MR) is 89.3 cm³/mol. The smallest absolute Gasteiger partial charge is 0.240 e. The molecule has 0 aromatic heterocycles. The first-order valence-corrected chi connectivity index (χ1v) is 9.32. The van der Waals surface area contributed by atoms with Crippen molar-refractivity contribution in [3.63, 3.8) is 0 Å². The summed E-state index contributed by atoms with van der Waals surface area (Å²) >= 11 is 0. The lowest BCUT2D eigenvalue weighted by atomic mass is 10.1. The van der Waals surface area contributed by atoms with E-state index in [-0.39, 0.29) is 0 Å². The van der Waals surface area contributed by atoms with Gasteiger partial charge >= 0.3 is 0 Å². The van der Waals surface area contributed by atoms with Gasteiger partial charge < -0.3 is 4.90 Å². The first-order chi connectivity index (χ1) is 10.4. The van der Waals surface area contributed by atoms with Crippen molar-refractivity contribution in [2.24, 2.45) is 0 Å². The van der Waals surface area contributed by atoms with Gasteiger partial charge in [-0.15, -0.1) is 0 Å². The van der Waals surface area contributed by atoms with Crippen molar-refractivity contribution in [2.75, 3.05) is 34.2 Å². The third-order valence-corrected chi connectivity index (χ3v) is 5.86. The number of hydrogen-bond acceptors (Lipinski definition) is 4. The molecular formula is C16H27N3O2S. The normalized spacial score (nSPS) is 21.0. The number of sulfonamides is 1. The van der Waals surface area contributed by atoms with Crippen molar-refractivity contribution in [2.45, 2.75) is 36.7 Å². The summed E-state index contributed by atoms with van der Waals surface area (Å²) in [6, 6.07) is 7.87. The molecule has 1 fully saturated rings. The molecule has 2 rings (SSSR count). The molecule has 1 aliphatic rings. The molecule has 1 saturated heterocycles. The van der Waals surface area contributed by atoms with Gasteiger partial charge in [-0.3, -0.25) is 4.90 Å². The van der Waals surface area contributed by atoms with Gasteiger partial charge in [0.15, 0.2) is 0 Å². The summed E-state index contributed by atoms with van der Waals surface area (Å²) in [6.45, 7) is 3.10. The zero-order chi connectivity index (χ0) is 16.2. The molecule has 0 radical (unpaired) electrons. The summed E-state index contributed by atoms with van der Waals surface area (Å²) in [5.41, 5.74) is 1.17. The quantitative estimate of drug-likeness (QED) is 0.892. The van der Waals surface area contributed by atoms with Crippen LogP contribution in [0, 0.1) is 0 Å². The Labute approximate surface area is 134 Å². The minimum absolute atomic E-state index is 0.322. The molecule has 1 N–H and O–H groups in total. The number of benzene rings is 1. The van der Waals surface area contributed by atoms with Gasteiger partial charge in [0.2, 0.25) is 10.0 Å². The molecule has 1 heterocycles. The number of nitrogens with zero attached hydrogens (tertiary/aromatic N) is 2. The van der Waals surface area contributed by atoms with E-state index in [1.54, 1.807) is 12.1 Å². The van der Waals surface area contributed by atoms with Gasteiger partial charge in [-0.05, 0) is 71.2 Å². The average Bonchev–Trinajstić information content (AvgIpc) is 2.73. The predicted octanol–water partition coefficient (Wildman–Crippen LogP) is 1.51. The molecule has 0 spiro atoms. The molecule has 6 heteroatoms. The largest absolute Gasteiger partial charge is 0.306 e. The number of rotatable bonds is 5. The highest BCUT2D eigenvalue weighted by Crippen LogP contribution is 2.17. The molecule has 1 atom stereocenters. The van der Waals surface area contributed by atoms with Gasteiger partial charge in [0.25, 0.3) is 0 Å². The second kappa shape index (κ2) is 7.55. The summed E-state index contributed by atoms with van der Waals surface area (Å²) in [4.78, 5) is 5.11. The molecule has 0 amide bonds. The third-order valence-electron chi connectivity index (χ3n) is 4.43. The highest BCUT2D eigenvalue weighted by atomic mass is 32.2. The van der Waals surface area contributed by atoms with Crippen LogP contribution >= 0.6 is 0 Å². The zero-order valence-electron chi connectivity index (χ0n) is 13.7. The molecule has 0 aliphatic carbocycles. The Hall–Kier alpha value is -0.950. The Balaban J connectivity index is 1.96. The van der Waals surface area contributed by atoms with Crippen LogP contribution in [0.2, 0.25) is 0 Å². The van der Waals surface area contributed by atoms with Crippen LogP contribution in [0.1, 0.15) is 24.8 Å². The van der Waals surface area contributed by atoms with Crippen molar-refractivity contribution in [3.8, 4) is 0 Å². The van der Waals surface area contributed by atoms with Gasteiger partial charge in [-0.25, -0.2) is 13.1 Å². The van der Waals surface area contributed by atoms with E-state index in [0.29, 0.717) is 10.9 Å². The van der Waals surface area contributed by atoms with Crippen molar-refractivity contribution < 1.29 is 8.42 Å². The van der Waals surface area contributed by atoms with Gasteiger partial charge in [0.1, 0.15) is 0 Å². The molecule has 22 heavy (non-hydrogen) atoms. The standard InChI is InChI=1S/C16H27N3O2S/c1-17-22(20,21)16-8-6-14(7-9-16)13-19-11-4-5-15(10-12-19)18(2)3/h6-9,15,17H,4-5,10-13H2,1-3H3/t15-/m1/s1. The van der Waals surface area contributed by atoms with Crippen LogP contribution in [-0.4, -0.2) is 58.5 Å². The van der Waals surface area contributed by atoms with Gasteiger partial charge in [-0.2, -0.15) is 0 Å². The van der Waals surface area contributed by atoms with E-state index < -0.39 is 10.0 Å². The number of likely N-dealkylation sites (tertiary alicyclic amines) is 1. The maximum absolute atomic E-state index is 11.7. The van der Waals surface area contributed by atoms with E-state index in [0.717, 1.165) is 19.6 Å². The Morgan fingerprint density at radius 2 is 1.86 bits per heavy atom. The molecule has 0 bridgehead atoms. The van der Waals surface area contributed by atoms with Gasteiger partial charge in [-0.1, -0.05) is 12.1 Å². The van der Waals surface area contributed by atoms with Gasteiger partial charge in [0.05, 0.1) is 4.90 Å². The van der Waals surface area contributed by atoms with Crippen LogP contribution in [0.15, 0.2) is 29.2 Å². The molecule has 1 aromatic carbocycles. The minimum atomic E-state index is -3.34. The maximum Gasteiger partial charge on any atom is 0.240 e. The van der Waals surface area contributed by atoms with Crippen molar-refractivity contribution in [1.29, 1.82) is 0 Å². The molecular weight excluding hydrogens is 298 g/mol. The number of nitrogens with one attached hydrogen (secondary N) is 1. The molecule has 1 aliphatic heterocycles. The Morgan fingerprint density at radius 3 is 2.45 bits per heavy atom. The summed E-state index contributed by atoms with van der Waals surface area (Å²) in [5.74, 6) is 0. The van der Waals surface area contributed by atoms with Crippen LogP contribution in [0.5, 0.6) is 0 Å². The fourth-order valence-electron chi connectivity index (χ4n) is 2.96. The first kappa shape index (κ1) is 17.4. The molecule has 0 saturated carbocycles. The Bertz CT molecular complexity index is 570. The third kappa shape index (κ3) is 4.52. The van der Waals surface area contributed by atoms with Crippen LogP contribution in [0.25, 0.3) is 0 Å². The van der Waals surface area contributed by atoms with E-state index in [1.165, 1.54) is 31.9 Å². The van der Waals surface area contributed by atoms with Crippen molar-refractivity contribution in [3.05, 3.63) is 29.8 Å². The van der Waals surface area contributed by atoms with Crippen LogP contribution < -0.4 is 4.72 Å². The maximum atomic E-state index is 11.7. The van der Waals surface area contributed by atoms with Crippen LogP contribution in [0.4, 0.5) is 0 Å². The zero-order valence-corrected chi connectivity index (χ0v) is 14.6. The molecule has 0 unspecified atom stereocenters. The number of hydrogen-bond donors (Lipinski definition) is 1. The second-order valence-corrected chi connectivity index (χ2v) is 8.06. The summed E-state index contributed by atoms with van der Waals surface area (Å²) < 4.78 is 25.8. The van der Waals surface area contributed by atoms with Crippen molar-refractivity contribution in [1.82, 2.24) is 14.5 Å². The minimum Gasteiger partial charge on any atom is -0.306 e. The topological polar surface area (TPSA) is 52.7 Å². The van der Waals surface area contributed by atoms with Crippen LogP contribution in [-0.2, 0) is 16.6 Å². The van der Waals surface area contributed by atoms with Crippen molar-refractivity contribution >= 4 is 10.0 Å². The summed E-state index contributed by atoms with van der Waals surface area (Å²) in [6.07, 6.45) is 3.66. The van der Waals surface area contributed by atoms with Crippen LogP contribution in [0.3, 0.4) is 0 Å². The average molecular weight is 325 g/mol. The van der Waals surface area contributed by atoms with E-state index in [9.17, 15) is 8.42 Å². The van der Waals surface area contributed by atoms with Gasteiger partial charge in [0, 0.05) is 12.6 Å². The Morgan fingerprint density at radius 1 is 1.18 bits per heavy atom. The SMILES string of the molecule is CNS(=O)(=O)c1ccc(CN2CCC[C@@H](N(C)C)CC2)cc1. The van der Waals surface area contributed by atoms with E-state index in [4.69, 9.17) is 0 Å². The summed E-state index contributed by atoms with van der Waals surface area (Å²) in [7, 11) is 2.40. The summed E-state index contributed by atoms with van der Waals surface area (Å²) in [5, 5.41) is 0. The van der Waals surface area contributed by atoms with E-state index >= 15 is 0 Å². The van der Waals surface area contributed by atoms with E-state index in [1.807, 2.05) is 12.1 Å². The lowest BCUT2D eigenvalue weighted by Gasteiger charge is -2.23. The first-order valence-electron chi connectivity index (χ1n) is 7.83. The molecule has 1 aromatic rings.